The normalized spacial score (nSPS) is 10.5. The number of carbonyl (C=O) groups is 1. The molecule has 0 saturated carbocycles. The van der Waals surface area contributed by atoms with E-state index in [1.165, 1.54) is 6.08 Å². The van der Waals surface area contributed by atoms with Gasteiger partial charge in [0.15, 0.2) is 5.75 Å². The maximum absolute atomic E-state index is 11.6. The van der Waals surface area contributed by atoms with Gasteiger partial charge in [-0.3, -0.25) is 0 Å². The molecule has 96 valence electrons. The first kappa shape index (κ1) is 12.7. The van der Waals surface area contributed by atoms with Crippen molar-refractivity contribution < 1.29 is 9.53 Å². The van der Waals surface area contributed by atoms with Crippen LogP contribution in [0.3, 0.4) is 0 Å². The molecule has 4 nitrogen and oxygen atoms in total. The molecule has 0 heterocycles. The molecule has 0 aliphatic rings. The van der Waals surface area contributed by atoms with Gasteiger partial charge in [0.05, 0.1) is 5.69 Å². The topological polar surface area (TPSA) is 78.3 Å². The van der Waals surface area contributed by atoms with E-state index in [2.05, 4.69) is 0 Å². The fraction of sp³-hybridized carbons (Fsp3) is 0. The predicted molar refractivity (Wildman–Crippen MR) is 76.4 cm³/mol. The van der Waals surface area contributed by atoms with Crippen molar-refractivity contribution in [3.05, 3.63) is 60.2 Å². The fourth-order valence-corrected chi connectivity index (χ4v) is 1.53. The first-order valence-corrected chi connectivity index (χ1v) is 5.75. The fourth-order valence-electron chi connectivity index (χ4n) is 1.53. The van der Waals surface area contributed by atoms with E-state index in [4.69, 9.17) is 16.2 Å². The second-order valence-electron chi connectivity index (χ2n) is 3.96. The van der Waals surface area contributed by atoms with Crippen LogP contribution in [0.25, 0.3) is 6.08 Å². The van der Waals surface area contributed by atoms with E-state index in [0.29, 0.717) is 17.1 Å². The van der Waals surface area contributed by atoms with E-state index in [9.17, 15) is 4.79 Å². The summed E-state index contributed by atoms with van der Waals surface area (Å²) in [7, 11) is 0. The van der Waals surface area contributed by atoms with Crippen molar-refractivity contribution >= 4 is 23.4 Å². The molecule has 19 heavy (non-hydrogen) atoms. The maximum atomic E-state index is 11.6. The van der Waals surface area contributed by atoms with Crippen LogP contribution in [0.2, 0.25) is 0 Å². The summed E-state index contributed by atoms with van der Waals surface area (Å²) in [5.41, 5.74) is 13.0. The quantitative estimate of drug-likeness (QED) is 0.382. The van der Waals surface area contributed by atoms with Crippen molar-refractivity contribution in [1.82, 2.24) is 0 Å². The van der Waals surface area contributed by atoms with Crippen LogP contribution in [-0.2, 0) is 4.79 Å². The minimum absolute atomic E-state index is 0.303. The molecule has 2 aromatic rings. The third kappa shape index (κ3) is 3.61. The summed E-state index contributed by atoms with van der Waals surface area (Å²) < 4.78 is 5.12. The Morgan fingerprint density at radius 1 is 1.05 bits per heavy atom. The van der Waals surface area contributed by atoms with Gasteiger partial charge in [-0.2, -0.15) is 0 Å². The lowest BCUT2D eigenvalue weighted by Gasteiger charge is -2.05. The first-order valence-electron chi connectivity index (χ1n) is 5.75. The lowest BCUT2D eigenvalue weighted by atomic mass is 10.2. The monoisotopic (exact) mass is 254 g/mol. The van der Waals surface area contributed by atoms with E-state index in [-0.39, 0.29) is 0 Å². The highest BCUT2D eigenvalue weighted by atomic mass is 16.5. The molecule has 0 saturated heterocycles. The molecule has 0 radical (unpaired) electrons. The lowest BCUT2D eigenvalue weighted by molar-refractivity contribution is -0.128. The molecule has 0 amide bonds. The number of benzene rings is 2. The second-order valence-corrected chi connectivity index (χ2v) is 3.96. The van der Waals surface area contributed by atoms with Crippen LogP contribution in [0, 0.1) is 0 Å². The van der Waals surface area contributed by atoms with E-state index in [0.717, 1.165) is 5.56 Å². The van der Waals surface area contributed by atoms with Gasteiger partial charge in [-0.25, -0.2) is 4.79 Å². The summed E-state index contributed by atoms with van der Waals surface area (Å²) in [6, 6.07) is 14.2. The van der Waals surface area contributed by atoms with Gasteiger partial charge < -0.3 is 16.2 Å². The summed E-state index contributed by atoms with van der Waals surface area (Å²) in [4.78, 5) is 11.6. The van der Waals surface area contributed by atoms with Crippen molar-refractivity contribution in [3.63, 3.8) is 0 Å². The van der Waals surface area contributed by atoms with Crippen LogP contribution in [0.1, 0.15) is 5.56 Å². The Bertz CT molecular complexity index is 607. The highest BCUT2D eigenvalue weighted by molar-refractivity contribution is 5.89. The molecule has 0 bridgehead atoms. The zero-order valence-corrected chi connectivity index (χ0v) is 10.2. The van der Waals surface area contributed by atoms with E-state index >= 15 is 0 Å². The molecule has 0 aliphatic carbocycles. The van der Waals surface area contributed by atoms with E-state index in [1.807, 2.05) is 30.3 Å². The Morgan fingerprint density at radius 3 is 2.47 bits per heavy atom. The van der Waals surface area contributed by atoms with Crippen molar-refractivity contribution in [3.8, 4) is 5.75 Å². The zero-order chi connectivity index (χ0) is 13.7. The van der Waals surface area contributed by atoms with E-state index in [1.54, 1.807) is 24.3 Å². The highest BCUT2D eigenvalue weighted by Crippen LogP contribution is 2.23. The van der Waals surface area contributed by atoms with Crippen molar-refractivity contribution in [1.29, 1.82) is 0 Å². The number of rotatable bonds is 3. The van der Waals surface area contributed by atoms with Crippen LogP contribution in [0.15, 0.2) is 54.6 Å². The maximum Gasteiger partial charge on any atom is 0.336 e. The Kier molecular flexibility index (Phi) is 3.83. The number of nitrogens with two attached hydrogens (primary N) is 2. The summed E-state index contributed by atoms with van der Waals surface area (Å²) >= 11 is 0. The van der Waals surface area contributed by atoms with Crippen LogP contribution < -0.4 is 16.2 Å². The summed E-state index contributed by atoms with van der Waals surface area (Å²) in [5, 5.41) is 0. The summed E-state index contributed by atoms with van der Waals surface area (Å²) in [5.74, 6) is -0.183. The van der Waals surface area contributed by atoms with Crippen LogP contribution in [0.5, 0.6) is 5.75 Å². The summed E-state index contributed by atoms with van der Waals surface area (Å²) in [6.07, 6.45) is 3.03. The zero-order valence-electron chi connectivity index (χ0n) is 10.2. The van der Waals surface area contributed by atoms with Gasteiger partial charge in [0, 0.05) is 11.8 Å². The number of nitrogen functional groups attached to an aromatic ring is 2. The summed E-state index contributed by atoms with van der Waals surface area (Å²) in [6.45, 7) is 0. The molecule has 0 unspecified atom stereocenters. The molecular weight excluding hydrogens is 240 g/mol. The third-order valence-corrected chi connectivity index (χ3v) is 2.46. The molecule has 0 spiro atoms. The van der Waals surface area contributed by atoms with Gasteiger partial charge in [-0.15, -0.1) is 0 Å². The SMILES string of the molecule is Nc1ccc(OC(=O)/C=C/c2ccccc2)c(N)c1. The van der Waals surface area contributed by atoms with Gasteiger partial charge in [0.2, 0.25) is 0 Å². The standard InChI is InChI=1S/C15H14N2O2/c16-12-7-8-14(13(17)10-12)19-15(18)9-6-11-4-2-1-3-5-11/h1-10H,16-17H2/b9-6+. The molecular formula is C15H14N2O2. The van der Waals surface area contributed by atoms with Gasteiger partial charge in [-0.1, -0.05) is 30.3 Å². The number of esters is 1. The number of ether oxygens (including phenoxy) is 1. The molecule has 4 heteroatoms. The average Bonchev–Trinajstić information content (AvgIpc) is 2.41. The lowest BCUT2D eigenvalue weighted by Crippen LogP contribution is -2.06. The van der Waals surface area contributed by atoms with Crippen molar-refractivity contribution in [2.24, 2.45) is 0 Å². The molecule has 2 rings (SSSR count). The molecule has 0 fully saturated rings. The molecule has 0 atom stereocenters. The molecule has 0 aromatic heterocycles. The van der Waals surface area contributed by atoms with Gasteiger partial charge in [-0.05, 0) is 29.8 Å². The van der Waals surface area contributed by atoms with Gasteiger partial charge in [0.1, 0.15) is 0 Å². The number of carbonyl (C=O) groups excluding carboxylic acids is 1. The van der Waals surface area contributed by atoms with Crippen molar-refractivity contribution in [2.75, 3.05) is 11.5 Å². The highest BCUT2D eigenvalue weighted by Gasteiger charge is 2.04. The first-order chi connectivity index (χ1) is 9.15. The van der Waals surface area contributed by atoms with Gasteiger partial charge in [0.25, 0.3) is 0 Å². The number of hydrogen-bond acceptors (Lipinski definition) is 4. The predicted octanol–water partition coefficient (Wildman–Crippen LogP) is 2.47. The van der Waals surface area contributed by atoms with Gasteiger partial charge >= 0.3 is 5.97 Å². The number of anilines is 2. The second kappa shape index (κ2) is 5.73. The largest absolute Gasteiger partial charge is 0.421 e. The van der Waals surface area contributed by atoms with Crippen LogP contribution in [0.4, 0.5) is 11.4 Å². The van der Waals surface area contributed by atoms with Crippen molar-refractivity contribution in [2.45, 2.75) is 0 Å². The molecule has 2 aromatic carbocycles. The number of hydrogen-bond donors (Lipinski definition) is 2. The Labute approximate surface area is 111 Å². The minimum atomic E-state index is -0.486. The van der Waals surface area contributed by atoms with Crippen LogP contribution >= 0.6 is 0 Å². The smallest absolute Gasteiger partial charge is 0.336 e. The minimum Gasteiger partial charge on any atom is -0.421 e. The average molecular weight is 254 g/mol. The Balaban J connectivity index is 2.04. The Hall–Kier alpha value is -2.75. The van der Waals surface area contributed by atoms with Crippen LogP contribution in [-0.4, -0.2) is 5.97 Å². The Morgan fingerprint density at radius 2 is 1.79 bits per heavy atom. The van der Waals surface area contributed by atoms with E-state index < -0.39 is 5.97 Å². The third-order valence-electron chi connectivity index (χ3n) is 2.46. The molecule has 4 N–H and O–H groups in total. The molecule has 0 aliphatic heterocycles.